The Bertz CT molecular complexity index is 2460. The van der Waals surface area contributed by atoms with Crippen LogP contribution in [0.1, 0.15) is 88.5 Å². The van der Waals surface area contributed by atoms with Crippen molar-refractivity contribution in [3.63, 3.8) is 0 Å². The molecule has 0 saturated heterocycles. The molecule has 248 valence electrons. The van der Waals surface area contributed by atoms with Gasteiger partial charge in [0.25, 0.3) is 0 Å². The van der Waals surface area contributed by atoms with E-state index >= 15 is 0 Å². The quantitative estimate of drug-likeness (QED) is 0.189. The second kappa shape index (κ2) is 8.94. The lowest BCUT2D eigenvalue weighted by Gasteiger charge is -2.76. The Morgan fingerprint density at radius 2 is 1.34 bits per heavy atom. The summed E-state index contributed by atoms with van der Waals surface area (Å²) in [5.74, 6) is 3.37. The van der Waals surface area contributed by atoms with Gasteiger partial charge < -0.3 is 9.32 Å². The first-order valence-electron chi connectivity index (χ1n) is 19.3. The Labute approximate surface area is 295 Å². The van der Waals surface area contributed by atoms with Gasteiger partial charge in [-0.05, 0) is 148 Å². The summed E-state index contributed by atoms with van der Waals surface area (Å²) in [6.07, 6.45) is 8.19. The van der Waals surface area contributed by atoms with Gasteiger partial charge in [-0.1, -0.05) is 94.4 Å². The maximum atomic E-state index is 6.57. The van der Waals surface area contributed by atoms with Gasteiger partial charge in [0, 0.05) is 16.5 Å². The van der Waals surface area contributed by atoms with E-state index in [1.54, 1.807) is 11.1 Å². The lowest BCUT2D eigenvalue weighted by Crippen LogP contribution is -2.73. The third-order valence-electron chi connectivity index (χ3n) is 15.6. The summed E-state index contributed by atoms with van der Waals surface area (Å²) in [4.78, 5) is 2.67. The summed E-state index contributed by atoms with van der Waals surface area (Å²) >= 11 is 0. The standard InChI is InChI=1S/C48H45NO/c1-45(2)21-22-46(3,4)36-26-30(19-20-35(36)45)49(37-15-10-18-40-43(37)33-12-6-8-17-39(33)50-40)38-16-9-13-32-31-11-5-7-14-34(31)48(44(32)38)41-24-28-23-29-25-42(48)47(29,41)27-28/h5-20,26,28-29,41-42H,21-25,27H2,1-4H3. The molecule has 2 spiro atoms. The first kappa shape index (κ1) is 28.4. The van der Waals surface area contributed by atoms with Crippen LogP contribution in [0.15, 0.2) is 108 Å². The Kier molecular flexibility index (Phi) is 5.08. The number of fused-ring (bicyclic) bond motifs is 12. The van der Waals surface area contributed by atoms with E-state index in [1.807, 2.05) is 0 Å². The highest BCUT2D eigenvalue weighted by atomic mass is 16.3. The molecule has 2 nitrogen and oxygen atoms in total. The molecule has 0 N–H and O–H groups in total. The summed E-state index contributed by atoms with van der Waals surface area (Å²) in [6.45, 7) is 9.80. The van der Waals surface area contributed by atoms with Crippen LogP contribution in [-0.2, 0) is 16.2 Å². The molecule has 2 heteroatoms. The fourth-order valence-corrected chi connectivity index (χ4v) is 13.6. The zero-order chi connectivity index (χ0) is 33.4. The van der Waals surface area contributed by atoms with Crippen molar-refractivity contribution >= 4 is 39.0 Å². The average molecular weight is 652 g/mol. The molecule has 0 aliphatic heterocycles. The number of para-hydroxylation sites is 1. The first-order valence-corrected chi connectivity index (χ1v) is 19.3. The first-order chi connectivity index (χ1) is 24.2. The highest BCUT2D eigenvalue weighted by molar-refractivity contribution is 6.13. The van der Waals surface area contributed by atoms with E-state index in [0.29, 0.717) is 5.41 Å². The minimum Gasteiger partial charge on any atom is -0.456 e. The molecule has 4 saturated carbocycles. The van der Waals surface area contributed by atoms with Crippen molar-refractivity contribution in [2.24, 2.45) is 29.1 Å². The zero-order valence-electron chi connectivity index (χ0n) is 29.7. The predicted molar refractivity (Wildman–Crippen MR) is 205 cm³/mol. The van der Waals surface area contributed by atoms with Crippen molar-refractivity contribution in [1.29, 1.82) is 0 Å². The van der Waals surface area contributed by atoms with Crippen LogP contribution in [0.3, 0.4) is 0 Å². The minimum atomic E-state index is 0.0915. The Balaban J connectivity index is 1.18. The van der Waals surface area contributed by atoms with Crippen molar-refractivity contribution < 1.29 is 4.42 Å². The average Bonchev–Trinajstić information content (AvgIpc) is 3.85. The van der Waals surface area contributed by atoms with E-state index in [0.717, 1.165) is 34.8 Å². The summed E-state index contributed by atoms with van der Waals surface area (Å²) < 4.78 is 6.57. The molecular weight excluding hydrogens is 607 g/mol. The van der Waals surface area contributed by atoms with Gasteiger partial charge in [-0.25, -0.2) is 0 Å². The van der Waals surface area contributed by atoms with E-state index < -0.39 is 0 Å². The monoisotopic (exact) mass is 651 g/mol. The Hall–Kier alpha value is -4.30. The topological polar surface area (TPSA) is 16.4 Å². The highest BCUT2D eigenvalue weighted by Crippen LogP contribution is 2.90. The van der Waals surface area contributed by atoms with Gasteiger partial charge in [-0.15, -0.1) is 0 Å². The van der Waals surface area contributed by atoms with E-state index in [1.165, 1.54) is 88.6 Å². The van der Waals surface area contributed by atoms with Crippen LogP contribution in [0.4, 0.5) is 17.1 Å². The molecule has 6 aromatic rings. The van der Waals surface area contributed by atoms with Crippen molar-refractivity contribution in [2.45, 2.75) is 82.5 Å². The number of benzene rings is 5. The SMILES string of the molecule is CC1(C)CCC(C)(C)c2cc(N(c3cccc4c3C3(c5ccccc5-4)C4CC5CC6CC3C64C5)c3cccc4oc5ccccc5c34)ccc21. The number of hydrogen-bond donors (Lipinski definition) is 0. The van der Waals surface area contributed by atoms with Gasteiger partial charge in [0.15, 0.2) is 0 Å². The van der Waals surface area contributed by atoms with Crippen molar-refractivity contribution in [2.75, 3.05) is 4.90 Å². The molecule has 4 fully saturated rings. The maximum Gasteiger partial charge on any atom is 0.137 e. The van der Waals surface area contributed by atoms with Crippen LogP contribution < -0.4 is 4.90 Å². The molecule has 5 aromatic carbocycles. The third kappa shape index (κ3) is 3.09. The lowest BCUT2D eigenvalue weighted by atomic mass is 9.26. The fourth-order valence-electron chi connectivity index (χ4n) is 13.6. The van der Waals surface area contributed by atoms with Crippen LogP contribution in [0.2, 0.25) is 0 Å². The second-order valence-corrected chi connectivity index (χ2v) is 18.4. The molecule has 6 aliphatic rings. The summed E-state index contributed by atoms with van der Waals surface area (Å²) in [5.41, 5.74) is 15.9. The normalized spacial score (nSPS) is 31.2. The zero-order valence-corrected chi connectivity index (χ0v) is 29.7. The van der Waals surface area contributed by atoms with Gasteiger partial charge in [0.1, 0.15) is 11.2 Å². The number of hydrogen-bond acceptors (Lipinski definition) is 2. The van der Waals surface area contributed by atoms with Crippen LogP contribution in [0, 0.1) is 29.1 Å². The molecule has 50 heavy (non-hydrogen) atoms. The number of nitrogens with zero attached hydrogens (tertiary/aromatic N) is 1. The number of rotatable bonds is 3. The van der Waals surface area contributed by atoms with Gasteiger partial charge in [-0.3, -0.25) is 0 Å². The summed E-state index contributed by atoms with van der Waals surface area (Å²) in [6, 6.07) is 39.6. The van der Waals surface area contributed by atoms with Crippen molar-refractivity contribution in [3.05, 3.63) is 125 Å². The minimum absolute atomic E-state index is 0.0915. The smallest absolute Gasteiger partial charge is 0.137 e. The molecule has 6 unspecified atom stereocenters. The largest absolute Gasteiger partial charge is 0.456 e. The van der Waals surface area contributed by atoms with Crippen LogP contribution in [0.25, 0.3) is 33.1 Å². The molecule has 0 amide bonds. The molecule has 1 heterocycles. The van der Waals surface area contributed by atoms with Crippen LogP contribution >= 0.6 is 0 Å². The van der Waals surface area contributed by atoms with Crippen molar-refractivity contribution in [3.8, 4) is 11.1 Å². The van der Waals surface area contributed by atoms with Crippen LogP contribution in [-0.4, -0.2) is 0 Å². The van der Waals surface area contributed by atoms with Gasteiger partial charge >= 0.3 is 0 Å². The highest BCUT2D eigenvalue weighted by Gasteiger charge is 2.84. The molecule has 1 aromatic heterocycles. The second-order valence-electron chi connectivity index (χ2n) is 18.4. The summed E-state index contributed by atoms with van der Waals surface area (Å²) in [5, 5.41) is 2.39. The molecular formula is C48H45NO. The van der Waals surface area contributed by atoms with Gasteiger partial charge in [0.2, 0.25) is 0 Å². The van der Waals surface area contributed by atoms with E-state index in [4.69, 9.17) is 4.42 Å². The third-order valence-corrected chi connectivity index (χ3v) is 15.6. The molecule has 6 aliphatic carbocycles. The lowest BCUT2D eigenvalue weighted by molar-refractivity contribution is -0.231. The number of anilines is 3. The molecule has 12 rings (SSSR count). The Morgan fingerprint density at radius 1 is 0.620 bits per heavy atom. The summed E-state index contributed by atoms with van der Waals surface area (Å²) in [7, 11) is 0. The number of furan rings is 1. The molecule has 0 radical (unpaired) electrons. The van der Waals surface area contributed by atoms with E-state index in [2.05, 4.69) is 136 Å². The van der Waals surface area contributed by atoms with Crippen molar-refractivity contribution in [1.82, 2.24) is 0 Å². The Morgan fingerprint density at radius 3 is 2.22 bits per heavy atom. The fraction of sp³-hybridized carbons (Fsp3) is 0.375. The van der Waals surface area contributed by atoms with Gasteiger partial charge in [-0.2, -0.15) is 0 Å². The molecule has 2 bridgehead atoms. The van der Waals surface area contributed by atoms with E-state index in [-0.39, 0.29) is 16.2 Å². The molecule has 6 atom stereocenters. The maximum absolute atomic E-state index is 6.57. The van der Waals surface area contributed by atoms with Gasteiger partial charge in [0.05, 0.1) is 16.8 Å². The predicted octanol–water partition coefficient (Wildman–Crippen LogP) is 12.7. The van der Waals surface area contributed by atoms with E-state index in [9.17, 15) is 0 Å². The van der Waals surface area contributed by atoms with Crippen LogP contribution in [0.5, 0.6) is 0 Å².